The molecule has 0 fully saturated rings. The summed E-state index contributed by atoms with van der Waals surface area (Å²) in [5.41, 5.74) is 1.90. The Morgan fingerprint density at radius 1 is 1.27 bits per heavy atom. The lowest BCUT2D eigenvalue weighted by atomic mass is 10.1. The van der Waals surface area contributed by atoms with Crippen molar-refractivity contribution >= 4 is 35.2 Å². The molecular formula is C22H21ClN2O5. The Labute approximate surface area is 179 Å². The van der Waals surface area contributed by atoms with E-state index >= 15 is 0 Å². The van der Waals surface area contributed by atoms with Crippen molar-refractivity contribution in [1.29, 1.82) is 5.26 Å². The molecule has 0 aliphatic rings. The summed E-state index contributed by atoms with van der Waals surface area (Å²) < 4.78 is 15.5. The van der Waals surface area contributed by atoms with E-state index in [0.29, 0.717) is 11.3 Å². The maximum absolute atomic E-state index is 12.5. The van der Waals surface area contributed by atoms with Crippen LogP contribution in [0, 0.1) is 18.3 Å². The van der Waals surface area contributed by atoms with E-state index in [2.05, 4.69) is 5.32 Å². The molecule has 30 heavy (non-hydrogen) atoms. The zero-order valence-electron chi connectivity index (χ0n) is 16.8. The highest BCUT2D eigenvalue weighted by atomic mass is 35.5. The van der Waals surface area contributed by atoms with Gasteiger partial charge in [0.25, 0.3) is 5.91 Å². The van der Waals surface area contributed by atoms with Gasteiger partial charge in [-0.2, -0.15) is 5.26 Å². The van der Waals surface area contributed by atoms with E-state index in [1.54, 1.807) is 31.2 Å². The second-order valence-corrected chi connectivity index (χ2v) is 6.53. The molecule has 0 saturated carbocycles. The van der Waals surface area contributed by atoms with Gasteiger partial charge in [0, 0.05) is 5.69 Å². The number of amides is 1. The van der Waals surface area contributed by atoms with Crippen molar-refractivity contribution in [1.82, 2.24) is 0 Å². The van der Waals surface area contributed by atoms with Gasteiger partial charge >= 0.3 is 5.97 Å². The molecule has 156 valence electrons. The van der Waals surface area contributed by atoms with Crippen LogP contribution in [0.15, 0.2) is 42.0 Å². The fourth-order valence-electron chi connectivity index (χ4n) is 2.53. The molecule has 0 aliphatic heterocycles. The Bertz CT molecular complexity index is 1010. The van der Waals surface area contributed by atoms with Crippen molar-refractivity contribution in [3.63, 3.8) is 0 Å². The van der Waals surface area contributed by atoms with Crippen molar-refractivity contribution in [3.8, 4) is 17.6 Å². The highest BCUT2D eigenvalue weighted by molar-refractivity contribution is 6.32. The molecule has 8 heteroatoms. The predicted octanol–water partition coefficient (Wildman–Crippen LogP) is 4.14. The maximum atomic E-state index is 12.5. The lowest BCUT2D eigenvalue weighted by Gasteiger charge is -2.13. The quantitative estimate of drug-likeness (QED) is 0.385. The molecule has 0 radical (unpaired) electrons. The zero-order valence-corrected chi connectivity index (χ0v) is 17.6. The number of carbonyl (C=O) groups excluding carboxylic acids is 2. The van der Waals surface area contributed by atoms with Crippen molar-refractivity contribution in [2.75, 3.05) is 25.6 Å². The standard InChI is InChI=1S/C22H21ClN2O5/c1-4-29-20(26)13-30-21-18(23)10-15(11-19(21)28-3)9-16(12-24)22(27)25-17-7-5-6-14(2)8-17/h5-11H,4,13H2,1-3H3,(H,25,27)/b16-9-. The first-order chi connectivity index (χ1) is 14.4. The summed E-state index contributed by atoms with van der Waals surface area (Å²) in [6.07, 6.45) is 1.38. The van der Waals surface area contributed by atoms with E-state index in [9.17, 15) is 14.9 Å². The predicted molar refractivity (Wildman–Crippen MR) is 114 cm³/mol. The van der Waals surface area contributed by atoms with Gasteiger partial charge in [-0.05, 0) is 55.3 Å². The van der Waals surface area contributed by atoms with Gasteiger partial charge in [-0.3, -0.25) is 4.79 Å². The number of nitrogens with zero attached hydrogens (tertiary/aromatic N) is 1. The number of esters is 1. The highest BCUT2D eigenvalue weighted by Crippen LogP contribution is 2.37. The van der Waals surface area contributed by atoms with Gasteiger partial charge in [0.2, 0.25) is 0 Å². The number of methoxy groups -OCH3 is 1. The zero-order chi connectivity index (χ0) is 22.1. The van der Waals surface area contributed by atoms with Gasteiger partial charge < -0.3 is 19.5 Å². The molecule has 0 unspecified atom stereocenters. The highest BCUT2D eigenvalue weighted by Gasteiger charge is 2.16. The Balaban J connectivity index is 2.25. The average Bonchev–Trinajstić information content (AvgIpc) is 2.70. The fraction of sp³-hybridized carbons (Fsp3) is 0.227. The van der Waals surface area contributed by atoms with Crippen LogP contribution in [0.1, 0.15) is 18.1 Å². The summed E-state index contributed by atoms with van der Waals surface area (Å²) in [6.45, 7) is 3.49. The summed E-state index contributed by atoms with van der Waals surface area (Å²) in [6, 6.07) is 12.2. The maximum Gasteiger partial charge on any atom is 0.344 e. The molecule has 0 atom stereocenters. The first kappa shape index (κ1) is 22.8. The van der Waals surface area contributed by atoms with Crippen LogP contribution in [0.2, 0.25) is 5.02 Å². The van der Waals surface area contributed by atoms with Crippen LogP contribution in [0.25, 0.3) is 6.08 Å². The van der Waals surface area contributed by atoms with E-state index in [4.69, 9.17) is 25.8 Å². The second-order valence-electron chi connectivity index (χ2n) is 6.12. The number of rotatable bonds is 8. The number of hydrogen-bond donors (Lipinski definition) is 1. The largest absolute Gasteiger partial charge is 0.493 e. The first-order valence-corrected chi connectivity index (χ1v) is 9.41. The SMILES string of the molecule is CCOC(=O)COc1c(Cl)cc(/C=C(/C#N)C(=O)Nc2cccc(C)c2)cc1OC. The molecule has 0 spiro atoms. The summed E-state index contributed by atoms with van der Waals surface area (Å²) in [5, 5.41) is 12.3. The van der Waals surface area contributed by atoms with E-state index in [-0.39, 0.29) is 35.3 Å². The summed E-state index contributed by atoms with van der Waals surface area (Å²) in [4.78, 5) is 24.0. The molecule has 0 bridgehead atoms. The van der Waals surface area contributed by atoms with E-state index in [1.165, 1.54) is 19.3 Å². The first-order valence-electron chi connectivity index (χ1n) is 9.03. The topological polar surface area (TPSA) is 97.7 Å². The van der Waals surface area contributed by atoms with E-state index in [1.807, 2.05) is 19.1 Å². The van der Waals surface area contributed by atoms with Gasteiger partial charge in [0.1, 0.15) is 11.6 Å². The number of carbonyl (C=O) groups is 2. The van der Waals surface area contributed by atoms with Gasteiger partial charge in [-0.25, -0.2) is 4.79 Å². The Hall–Kier alpha value is -3.50. The Kier molecular flexibility index (Phi) is 8.27. The van der Waals surface area contributed by atoms with Crippen LogP contribution >= 0.6 is 11.6 Å². The monoisotopic (exact) mass is 428 g/mol. The second kappa shape index (κ2) is 10.9. The van der Waals surface area contributed by atoms with Crippen LogP contribution in [0.4, 0.5) is 5.69 Å². The van der Waals surface area contributed by atoms with Gasteiger partial charge in [0.05, 0.1) is 18.7 Å². The molecule has 0 saturated heterocycles. The third-order valence-electron chi connectivity index (χ3n) is 3.84. The number of ether oxygens (including phenoxy) is 3. The molecule has 0 aromatic heterocycles. The minimum Gasteiger partial charge on any atom is -0.493 e. The van der Waals surface area contributed by atoms with Crippen LogP contribution < -0.4 is 14.8 Å². The van der Waals surface area contributed by atoms with Gasteiger partial charge in [-0.1, -0.05) is 23.7 Å². The van der Waals surface area contributed by atoms with E-state index < -0.39 is 11.9 Å². The van der Waals surface area contributed by atoms with Gasteiger partial charge in [-0.15, -0.1) is 0 Å². The summed E-state index contributed by atoms with van der Waals surface area (Å²) in [5.74, 6) is -0.693. The number of nitrogens with one attached hydrogen (secondary N) is 1. The number of anilines is 1. The third-order valence-corrected chi connectivity index (χ3v) is 4.12. The van der Waals surface area contributed by atoms with Crippen LogP contribution in [-0.4, -0.2) is 32.2 Å². The Morgan fingerprint density at radius 2 is 2.03 bits per heavy atom. The minimum absolute atomic E-state index is 0.116. The Morgan fingerprint density at radius 3 is 2.67 bits per heavy atom. The van der Waals surface area contributed by atoms with Crippen molar-refractivity contribution in [2.45, 2.75) is 13.8 Å². The van der Waals surface area contributed by atoms with Gasteiger partial charge in [0.15, 0.2) is 18.1 Å². The third kappa shape index (κ3) is 6.26. The van der Waals surface area contributed by atoms with Crippen molar-refractivity contribution in [2.24, 2.45) is 0 Å². The number of hydrogen-bond acceptors (Lipinski definition) is 6. The summed E-state index contributed by atoms with van der Waals surface area (Å²) in [7, 11) is 1.41. The number of benzene rings is 2. The van der Waals surface area contributed by atoms with Crippen molar-refractivity contribution in [3.05, 3.63) is 58.1 Å². The molecule has 0 heterocycles. The molecule has 0 aliphatic carbocycles. The average molecular weight is 429 g/mol. The van der Waals surface area contributed by atoms with Crippen molar-refractivity contribution < 1.29 is 23.8 Å². The fourth-order valence-corrected chi connectivity index (χ4v) is 2.81. The van der Waals surface area contributed by atoms with Crippen LogP contribution in [0.5, 0.6) is 11.5 Å². The number of aryl methyl sites for hydroxylation is 1. The summed E-state index contributed by atoms with van der Waals surface area (Å²) >= 11 is 6.26. The lowest BCUT2D eigenvalue weighted by molar-refractivity contribution is -0.145. The molecule has 2 aromatic rings. The lowest BCUT2D eigenvalue weighted by Crippen LogP contribution is -2.15. The molecular weight excluding hydrogens is 408 g/mol. The molecule has 2 rings (SSSR count). The normalized spacial score (nSPS) is 10.7. The number of halogens is 1. The van der Waals surface area contributed by atoms with Crippen LogP contribution in [0.3, 0.4) is 0 Å². The molecule has 1 amide bonds. The van der Waals surface area contributed by atoms with Crippen LogP contribution in [-0.2, 0) is 14.3 Å². The van der Waals surface area contributed by atoms with E-state index in [0.717, 1.165) is 5.56 Å². The minimum atomic E-state index is -0.555. The number of nitriles is 1. The molecule has 1 N–H and O–H groups in total. The molecule has 7 nitrogen and oxygen atoms in total. The molecule has 2 aromatic carbocycles. The smallest absolute Gasteiger partial charge is 0.344 e.